The molecule has 0 saturated heterocycles. The molecule has 78 valence electrons. The lowest BCUT2D eigenvalue weighted by atomic mass is 9.92. The molecule has 2 heteroatoms. The smallest absolute Gasteiger partial charge is 0.0875 e. The van der Waals surface area contributed by atoms with Gasteiger partial charge in [-0.1, -0.05) is 26.7 Å². The molecule has 2 nitrogen and oxygen atoms in total. The van der Waals surface area contributed by atoms with Gasteiger partial charge < -0.3 is 0 Å². The number of hydrogen-bond acceptors (Lipinski definition) is 2. The molecule has 0 aliphatic carbocycles. The Bertz CT molecular complexity index is 237. The van der Waals surface area contributed by atoms with Crippen LogP contribution in [0.3, 0.4) is 0 Å². The van der Waals surface area contributed by atoms with E-state index >= 15 is 0 Å². The largest absolute Gasteiger partial charge is 0.277 e. The lowest BCUT2D eigenvalue weighted by Crippen LogP contribution is -2.34. The molecule has 0 aromatic rings. The number of nitriles is 1. The van der Waals surface area contributed by atoms with Gasteiger partial charge in [-0.25, -0.2) is 0 Å². The second kappa shape index (κ2) is 5.68. The van der Waals surface area contributed by atoms with Gasteiger partial charge in [-0.3, -0.25) is 4.90 Å². The third-order valence-electron chi connectivity index (χ3n) is 2.21. The van der Waals surface area contributed by atoms with Gasteiger partial charge in [0.1, 0.15) is 0 Å². The molecule has 0 radical (unpaired) electrons. The number of hydrogen-bond donors (Lipinski definition) is 0. The van der Waals surface area contributed by atoms with Crippen molar-refractivity contribution in [2.24, 2.45) is 5.41 Å². The van der Waals surface area contributed by atoms with Crippen molar-refractivity contribution in [1.29, 1.82) is 5.26 Å². The normalized spacial score (nSPS) is 13.4. The number of nitrogens with zero attached hydrogens (tertiary/aromatic N) is 2. The highest BCUT2D eigenvalue weighted by Crippen LogP contribution is 2.19. The van der Waals surface area contributed by atoms with E-state index < -0.39 is 0 Å². The summed E-state index contributed by atoms with van der Waals surface area (Å²) >= 11 is 0. The average Bonchev–Trinajstić information content (AvgIpc) is 2.09. The summed E-state index contributed by atoms with van der Waals surface area (Å²) in [6, 6.07) is 2.20. The van der Waals surface area contributed by atoms with Crippen LogP contribution in [0.25, 0.3) is 0 Å². The third kappa shape index (κ3) is 5.62. The average molecular weight is 192 g/mol. The third-order valence-corrected chi connectivity index (χ3v) is 2.21. The monoisotopic (exact) mass is 192 g/mol. The lowest BCUT2D eigenvalue weighted by Gasteiger charge is -2.27. The molecular weight excluding hydrogens is 172 g/mol. The van der Waals surface area contributed by atoms with E-state index in [2.05, 4.69) is 32.8 Å². The van der Waals surface area contributed by atoms with Gasteiger partial charge in [0, 0.05) is 6.54 Å². The summed E-state index contributed by atoms with van der Waals surface area (Å²) in [7, 11) is 0. The van der Waals surface area contributed by atoms with Crippen molar-refractivity contribution in [3.8, 4) is 18.4 Å². The van der Waals surface area contributed by atoms with E-state index in [1.807, 2.05) is 11.8 Å². The molecule has 1 unspecified atom stereocenters. The summed E-state index contributed by atoms with van der Waals surface area (Å²) in [5.41, 5.74) is 0.294. The summed E-state index contributed by atoms with van der Waals surface area (Å²) in [4.78, 5) is 2.03. The summed E-state index contributed by atoms with van der Waals surface area (Å²) in [5, 5.41) is 8.65. The van der Waals surface area contributed by atoms with E-state index in [1.165, 1.54) is 0 Å². The van der Waals surface area contributed by atoms with E-state index in [0.717, 1.165) is 13.0 Å². The van der Waals surface area contributed by atoms with Gasteiger partial charge in [-0.15, -0.1) is 6.42 Å². The van der Waals surface area contributed by atoms with Crippen molar-refractivity contribution in [2.45, 2.75) is 40.2 Å². The predicted molar refractivity (Wildman–Crippen MR) is 59.6 cm³/mol. The first kappa shape index (κ1) is 13.0. The highest BCUT2D eigenvalue weighted by Gasteiger charge is 2.15. The maximum Gasteiger partial charge on any atom is 0.0875 e. The second-order valence-corrected chi connectivity index (χ2v) is 4.78. The van der Waals surface area contributed by atoms with Gasteiger partial charge in [0.25, 0.3) is 0 Å². The van der Waals surface area contributed by atoms with Crippen molar-refractivity contribution in [3.05, 3.63) is 0 Å². The first-order chi connectivity index (χ1) is 6.40. The minimum Gasteiger partial charge on any atom is -0.277 e. The molecule has 1 atom stereocenters. The molecule has 0 aromatic heterocycles. The Labute approximate surface area is 87.9 Å². The van der Waals surface area contributed by atoms with Crippen LogP contribution < -0.4 is 0 Å². The van der Waals surface area contributed by atoms with Gasteiger partial charge in [-0.05, 0) is 18.8 Å². The summed E-state index contributed by atoms with van der Waals surface area (Å²) in [6.45, 7) is 9.85. The first-order valence-electron chi connectivity index (χ1n) is 4.98. The lowest BCUT2D eigenvalue weighted by molar-refractivity contribution is 0.228. The molecule has 14 heavy (non-hydrogen) atoms. The quantitative estimate of drug-likeness (QED) is 0.504. The number of terminal acetylenes is 1. The Morgan fingerprint density at radius 1 is 1.43 bits per heavy atom. The van der Waals surface area contributed by atoms with E-state index in [0.29, 0.717) is 12.0 Å². The molecule has 0 amide bonds. The van der Waals surface area contributed by atoms with Crippen LogP contribution in [0.1, 0.15) is 34.1 Å². The molecule has 0 N–H and O–H groups in total. The Morgan fingerprint density at radius 2 is 2.00 bits per heavy atom. The van der Waals surface area contributed by atoms with E-state index in [1.54, 1.807) is 0 Å². The minimum atomic E-state index is 0.0528. The van der Waals surface area contributed by atoms with Crippen LogP contribution in [-0.4, -0.2) is 24.0 Å². The van der Waals surface area contributed by atoms with E-state index in [-0.39, 0.29) is 6.04 Å². The molecule has 0 bridgehead atoms. The molecule has 0 aliphatic heterocycles. The van der Waals surface area contributed by atoms with Gasteiger partial charge in [0.05, 0.1) is 18.7 Å². The molecule has 0 saturated carbocycles. The van der Waals surface area contributed by atoms with E-state index in [4.69, 9.17) is 11.7 Å². The number of rotatable bonds is 4. The molecule has 0 rings (SSSR count). The first-order valence-corrected chi connectivity index (χ1v) is 4.98. The summed E-state index contributed by atoms with van der Waals surface area (Å²) in [5.74, 6) is 2.66. The molecule has 0 spiro atoms. The van der Waals surface area contributed by atoms with E-state index in [9.17, 15) is 0 Å². The Balaban J connectivity index is 4.13. The maximum atomic E-state index is 8.65. The van der Waals surface area contributed by atoms with Crippen molar-refractivity contribution in [3.63, 3.8) is 0 Å². The van der Waals surface area contributed by atoms with Crippen molar-refractivity contribution >= 4 is 0 Å². The van der Waals surface area contributed by atoms with Crippen LogP contribution in [0.2, 0.25) is 0 Å². The molecule has 0 fully saturated rings. The van der Waals surface area contributed by atoms with Crippen molar-refractivity contribution < 1.29 is 0 Å². The highest BCUT2D eigenvalue weighted by molar-refractivity contribution is 4.99. The van der Waals surface area contributed by atoms with Crippen LogP contribution in [0.4, 0.5) is 0 Å². The summed E-state index contributed by atoms with van der Waals surface area (Å²) in [6.07, 6.45) is 6.40. The summed E-state index contributed by atoms with van der Waals surface area (Å²) < 4.78 is 0. The predicted octanol–water partition coefficient (Wildman–Crippen LogP) is 2.27. The fraction of sp³-hybridized carbons (Fsp3) is 0.750. The van der Waals surface area contributed by atoms with Crippen LogP contribution in [0, 0.1) is 29.1 Å². The molecule has 0 aromatic carbocycles. The molecular formula is C12H20N2. The molecule has 0 aliphatic rings. The zero-order valence-electron chi connectivity index (χ0n) is 9.67. The fourth-order valence-corrected chi connectivity index (χ4v) is 1.08. The van der Waals surface area contributed by atoms with Crippen LogP contribution in [-0.2, 0) is 0 Å². The Hall–Kier alpha value is -0.990. The SMILES string of the molecule is C#CC(C)N(CC#N)CCC(C)(C)C. The van der Waals surface area contributed by atoms with Gasteiger partial charge in [0.15, 0.2) is 0 Å². The van der Waals surface area contributed by atoms with Crippen LogP contribution in [0.5, 0.6) is 0 Å². The zero-order valence-corrected chi connectivity index (χ0v) is 9.67. The maximum absolute atomic E-state index is 8.65. The van der Waals surface area contributed by atoms with Crippen molar-refractivity contribution in [2.75, 3.05) is 13.1 Å². The highest BCUT2D eigenvalue weighted by atomic mass is 15.1. The fourth-order valence-electron chi connectivity index (χ4n) is 1.08. The van der Waals surface area contributed by atoms with Crippen molar-refractivity contribution in [1.82, 2.24) is 4.90 Å². The topological polar surface area (TPSA) is 27.0 Å². The second-order valence-electron chi connectivity index (χ2n) is 4.78. The van der Waals surface area contributed by atoms with Gasteiger partial charge in [0.2, 0.25) is 0 Å². The standard InChI is InChI=1S/C12H20N2/c1-6-11(2)14(10-8-13)9-7-12(3,4)5/h1,11H,7,9-10H2,2-5H3. The van der Waals surface area contributed by atoms with Gasteiger partial charge in [-0.2, -0.15) is 5.26 Å². The Morgan fingerprint density at radius 3 is 2.36 bits per heavy atom. The van der Waals surface area contributed by atoms with Crippen LogP contribution >= 0.6 is 0 Å². The minimum absolute atomic E-state index is 0.0528. The van der Waals surface area contributed by atoms with Crippen LogP contribution in [0.15, 0.2) is 0 Å². The molecule has 0 heterocycles. The zero-order chi connectivity index (χ0) is 11.2. The van der Waals surface area contributed by atoms with Gasteiger partial charge >= 0.3 is 0 Å². The Kier molecular flexibility index (Phi) is 5.28.